The average Bonchev–Trinajstić information content (AvgIpc) is 2.04. The van der Waals surface area contributed by atoms with Gasteiger partial charge in [-0.3, -0.25) is 0 Å². The minimum Gasteiger partial charge on any atom is -0.192 e. The third kappa shape index (κ3) is 1.36. The van der Waals surface area contributed by atoms with Crippen LogP contribution in [-0.4, -0.2) is 0 Å². The Balaban J connectivity index is 2.92. The van der Waals surface area contributed by atoms with Gasteiger partial charge in [-0.25, -0.2) is 0 Å². The van der Waals surface area contributed by atoms with Crippen LogP contribution in [0.1, 0.15) is 0 Å². The van der Waals surface area contributed by atoms with E-state index in [4.69, 9.17) is 10.5 Å². The SMILES string of the molecule is N#CC1=C(C#N)SC=CS1. The summed E-state index contributed by atoms with van der Waals surface area (Å²) in [5.41, 5.74) is 0. The molecule has 0 aliphatic carbocycles. The Morgan fingerprint density at radius 1 is 1.00 bits per heavy atom. The van der Waals surface area contributed by atoms with Gasteiger partial charge >= 0.3 is 0 Å². The summed E-state index contributed by atoms with van der Waals surface area (Å²) >= 11 is 2.58. The third-order valence-electron chi connectivity index (χ3n) is 0.837. The quantitative estimate of drug-likeness (QED) is 0.553. The van der Waals surface area contributed by atoms with Crippen LogP contribution < -0.4 is 0 Å². The number of rotatable bonds is 0. The van der Waals surface area contributed by atoms with Crippen LogP contribution in [0.5, 0.6) is 0 Å². The lowest BCUT2D eigenvalue weighted by molar-refractivity contribution is 1.50. The fourth-order valence-corrected chi connectivity index (χ4v) is 1.87. The van der Waals surface area contributed by atoms with Crippen LogP contribution in [-0.2, 0) is 0 Å². The topological polar surface area (TPSA) is 47.6 Å². The highest BCUT2D eigenvalue weighted by molar-refractivity contribution is 8.12. The average molecular weight is 166 g/mol. The summed E-state index contributed by atoms with van der Waals surface area (Å²) in [6.07, 6.45) is 0. The summed E-state index contributed by atoms with van der Waals surface area (Å²) in [6.45, 7) is 0. The lowest BCUT2D eigenvalue weighted by Crippen LogP contribution is -1.79. The molecule has 0 radical (unpaired) electrons. The second kappa shape index (κ2) is 3.36. The molecule has 1 rings (SSSR count). The van der Waals surface area contributed by atoms with E-state index in [-0.39, 0.29) is 0 Å². The van der Waals surface area contributed by atoms with E-state index in [0.717, 1.165) is 0 Å². The zero-order chi connectivity index (χ0) is 7.40. The van der Waals surface area contributed by atoms with Crippen LogP contribution >= 0.6 is 23.5 Å². The molecule has 2 nitrogen and oxygen atoms in total. The third-order valence-corrected chi connectivity index (χ3v) is 2.74. The Morgan fingerprint density at radius 3 is 1.70 bits per heavy atom. The number of hydrogen-bond acceptors (Lipinski definition) is 4. The molecule has 0 aromatic carbocycles. The number of allylic oxidation sites excluding steroid dienone is 2. The first-order chi connectivity index (χ1) is 4.88. The van der Waals surface area contributed by atoms with E-state index in [1.165, 1.54) is 23.5 Å². The van der Waals surface area contributed by atoms with Crippen LogP contribution in [0.3, 0.4) is 0 Å². The minimum atomic E-state index is 0.495. The van der Waals surface area contributed by atoms with Crippen molar-refractivity contribution in [2.24, 2.45) is 0 Å². The van der Waals surface area contributed by atoms with Gasteiger partial charge in [-0.1, -0.05) is 23.5 Å². The molecule has 0 N–H and O–H groups in total. The Labute approximate surface area is 67.2 Å². The maximum absolute atomic E-state index is 8.47. The van der Waals surface area contributed by atoms with Crippen LogP contribution in [0.25, 0.3) is 0 Å². The molecule has 0 unspecified atom stereocenters. The van der Waals surface area contributed by atoms with Crippen molar-refractivity contribution >= 4 is 23.5 Å². The number of thioether (sulfide) groups is 2. The van der Waals surface area contributed by atoms with Gasteiger partial charge in [0.05, 0.1) is 0 Å². The predicted molar refractivity (Wildman–Crippen MR) is 42.6 cm³/mol. The molecule has 0 aromatic heterocycles. The van der Waals surface area contributed by atoms with Crippen molar-refractivity contribution in [1.29, 1.82) is 10.5 Å². The molecule has 0 saturated heterocycles. The molecule has 0 atom stereocenters. The smallest absolute Gasteiger partial charge is 0.114 e. The van der Waals surface area contributed by atoms with Crippen molar-refractivity contribution in [2.45, 2.75) is 0 Å². The van der Waals surface area contributed by atoms with Gasteiger partial charge in [0.2, 0.25) is 0 Å². The van der Waals surface area contributed by atoms with Crippen molar-refractivity contribution < 1.29 is 0 Å². The molecule has 0 spiro atoms. The zero-order valence-electron chi connectivity index (χ0n) is 4.87. The van der Waals surface area contributed by atoms with Crippen molar-refractivity contribution in [3.05, 3.63) is 20.6 Å². The van der Waals surface area contributed by atoms with E-state index in [0.29, 0.717) is 9.81 Å². The standard InChI is InChI=1S/C6H2N2S2/c7-3-5-6(4-8)10-2-1-9-5/h1-2H. The molecular weight excluding hydrogens is 164 g/mol. The Hall–Kier alpha value is -0.840. The van der Waals surface area contributed by atoms with Crippen molar-refractivity contribution in [2.75, 3.05) is 0 Å². The molecule has 0 aromatic rings. The molecule has 4 heteroatoms. The monoisotopic (exact) mass is 166 g/mol. The normalized spacial score (nSPS) is 16.2. The highest BCUT2D eigenvalue weighted by Gasteiger charge is 2.08. The van der Waals surface area contributed by atoms with Gasteiger partial charge in [0, 0.05) is 0 Å². The van der Waals surface area contributed by atoms with Gasteiger partial charge in [0.15, 0.2) is 0 Å². The van der Waals surface area contributed by atoms with E-state index in [2.05, 4.69) is 0 Å². The fraction of sp³-hybridized carbons (Fsp3) is 0. The molecule has 0 fully saturated rings. The number of nitrogens with zero attached hydrogens (tertiary/aromatic N) is 2. The Morgan fingerprint density at radius 2 is 1.40 bits per heavy atom. The maximum atomic E-state index is 8.47. The molecule has 10 heavy (non-hydrogen) atoms. The lowest BCUT2D eigenvalue weighted by Gasteiger charge is -2.00. The molecule has 1 aliphatic heterocycles. The summed E-state index contributed by atoms with van der Waals surface area (Å²) in [6, 6.07) is 3.91. The molecular formula is C6H2N2S2. The number of nitriles is 2. The van der Waals surface area contributed by atoms with Gasteiger partial charge in [-0.05, 0) is 10.8 Å². The lowest BCUT2D eigenvalue weighted by atomic mass is 10.5. The van der Waals surface area contributed by atoms with Crippen LogP contribution in [0, 0.1) is 22.7 Å². The van der Waals surface area contributed by atoms with Crippen molar-refractivity contribution in [3.8, 4) is 12.1 Å². The second-order valence-electron chi connectivity index (χ2n) is 1.39. The largest absolute Gasteiger partial charge is 0.192 e. The van der Waals surface area contributed by atoms with E-state index in [9.17, 15) is 0 Å². The second-order valence-corrected chi connectivity index (χ2v) is 3.22. The van der Waals surface area contributed by atoms with Crippen molar-refractivity contribution in [3.63, 3.8) is 0 Å². The van der Waals surface area contributed by atoms with Crippen molar-refractivity contribution in [1.82, 2.24) is 0 Å². The van der Waals surface area contributed by atoms with Gasteiger partial charge in [0.1, 0.15) is 21.9 Å². The summed E-state index contributed by atoms with van der Waals surface area (Å²) < 4.78 is 0. The Bertz CT molecular complexity index is 249. The van der Waals surface area contributed by atoms with Gasteiger partial charge in [-0.2, -0.15) is 10.5 Å². The molecule has 0 amide bonds. The molecule has 0 saturated carbocycles. The fourth-order valence-electron chi connectivity index (χ4n) is 0.453. The highest BCUT2D eigenvalue weighted by Crippen LogP contribution is 2.33. The summed E-state index contributed by atoms with van der Waals surface area (Å²) in [4.78, 5) is 0.991. The maximum Gasteiger partial charge on any atom is 0.114 e. The van der Waals surface area contributed by atoms with Crippen LogP contribution in [0.15, 0.2) is 20.6 Å². The van der Waals surface area contributed by atoms with Crippen LogP contribution in [0.4, 0.5) is 0 Å². The molecule has 0 bridgehead atoms. The van der Waals surface area contributed by atoms with E-state index in [1.54, 1.807) is 10.8 Å². The predicted octanol–water partition coefficient (Wildman–Crippen LogP) is 2.20. The van der Waals surface area contributed by atoms with E-state index < -0.39 is 0 Å². The van der Waals surface area contributed by atoms with Crippen LogP contribution in [0.2, 0.25) is 0 Å². The van der Waals surface area contributed by atoms with Gasteiger partial charge in [0.25, 0.3) is 0 Å². The Kier molecular flexibility index (Phi) is 2.44. The first-order valence-electron chi connectivity index (χ1n) is 2.41. The summed E-state index contributed by atoms with van der Waals surface area (Å²) in [7, 11) is 0. The molecule has 1 heterocycles. The minimum absolute atomic E-state index is 0.495. The number of hydrogen-bond donors (Lipinski definition) is 0. The first-order valence-corrected chi connectivity index (χ1v) is 4.17. The van der Waals surface area contributed by atoms with Gasteiger partial charge in [-0.15, -0.1) is 0 Å². The van der Waals surface area contributed by atoms with Gasteiger partial charge < -0.3 is 0 Å². The van der Waals surface area contributed by atoms with E-state index in [1.807, 2.05) is 12.1 Å². The summed E-state index contributed by atoms with van der Waals surface area (Å²) in [5, 5.41) is 20.5. The highest BCUT2D eigenvalue weighted by atomic mass is 32.2. The summed E-state index contributed by atoms with van der Waals surface area (Å²) in [5.74, 6) is 0. The molecule has 48 valence electrons. The first kappa shape index (κ1) is 7.27. The molecule has 1 aliphatic rings. The zero-order valence-corrected chi connectivity index (χ0v) is 6.50. The van der Waals surface area contributed by atoms with E-state index >= 15 is 0 Å².